The van der Waals surface area contributed by atoms with Gasteiger partial charge in [-0.1, -0.05) is 18.2 Å². The second-order valence-corrected chi connectivity index (χ2v) is 4.33. The van der Waals surface area contributed by atoms with Crippen molar-refractivity contribution in [2.45, 2.75) is 13.0 Å². The van der Waals surface area contributed by atoms with E-state index in [1.807, 2.05) is 0 Å². The molecule has 1 rings (SSSR count). The molecule has 0 aromatic heterocycles. The molecule has 0 amide bonds. The first-order chi connectivity index (χ1) is 6.99. The minimum Gasteiger partial charge on any atom is -0.746 e. The Bertz CT molecular complexity index is 343. The molecule has 1 aromatic rings. The summed E-state index contributed by atoms with van der Waals surface area (Å²) in [6.45, 7) is 1.11. The summed E-state index contributed by atoms with van der Waals surface area (Å²) >= 11 is 0. The number of aliphatic hydroxyl groups excluding tert-OH is 1. The van der Waals surface area contributed by atoms with Crippen LogP contribution in [0.2, 0.25) is 0 Å². The van der Waals surface area contributed by atoms with Crippen LogP contribution in [0, 0.1) is 0 Å². The average molecular weight is 254 g/mol. The van der Waals surface area contributed by atoms with Crippen LogP contribution in [-0.4, -0.2) is 17.8 Å². The van der Waals surface area contributed by atoms with Gasteiger partial charge in [-0.05, 0) is 19.1 Å². The zero-order chi connectivity index (χ0) is 11.3. The molecule has 0 spiro atoms. The van der Waals surface area contributed by atoms with Crippen molar-refractivity contribution in [3.63, 3.8) is 0 Å². The molecule has 1 N–H and O–H groups in total. The average Bonchev–Trinajstić information content (AvgIpc) is 2.16. The van der Waals surface area contributed by atoms with Crippen molar-refractivity contribution in [1.29, 1.82) is 0 Å². The van der Waals surface area contributed by atoms with Gasteiger partial charge in [0.2, 0.25) is 0 Å². The maximum absolute atomic E-state index is 11.2. The first kappa shape index (κ1) is 16.1. The second-order valence-electron chi connectivity index (χ2n) is 3.00. The van der Waals surface area contributed by atoms with Crippen LogP contribution in [0.1, 0.15) is 6.92 Å². The fourth-order valence-corrected chi connectivity index (χ4v) is 1.67. The summed E-state index contributed by atoms with van der Waals surface area (Å²) in [6.07, 6.45) is -0.855. The van der Waals surface area contributed by atoms with Crippen molar-refractivity contribution in [3.8, 4) is 5.75 Å². The first-order valence-electron chi connectivity index (χ1n) is 4.38. The zero-order valence-electron chi connectivity index (χ0n) is 9.20. The van der Waals surface area contributed by atoms with Crippen LogP contribution >= 0.6 is 7.82 Å². The van der Waals surface area contributed by atoms with E-state index in [4.69, 9.17) is 5.11 Å². The topological polar surface area (TPSA) is 78.8 Å². The normalized spacial score (nSPS) is 15.7. The molecule has 0 radical (unpaired) electrons. The Morgan fingerprint density at radius 3 is 2.50 bits per heavy atom. The fourth-order valence-electron chi connectivity index (χ4n) is 0.836. The predicted octanol–water partition coefficient (Wildman–Crippen LogP) is -2.06. The molecule has 2 atom stereocenters. The number of rotatable bonds is 5. The molecule has 16 heavy (non-hydrogen) atoms. The van der Waals surface area contributed by atoms with Gasteiger partial charge in [0.25, 0.3) is 0 Å². The molecule has 2 unspecified atom stereocenters. The molecule has 0 aliphatic rings. The number of phosphoric ester groups is 1. The van der Waals surface area contributed by atoms with Gasteiger partial charge in [-0.2, -0.15) is 0 Å². The summed E-state index contributed by atoms with van der Waals surface area (Å²) in [5.41, 5.74) is 0. The van der Waals surface area contributed by atoms with Gasteiger partial charge in [0, 0.05) is 0 Å². The maximum Gasteiger partial charge on any atom is 1.00 e. The van der Waals surface area contributed by atoms with Crippen LogP contribution in [0.15, 0.2) is 30.3 Å². The Kier molecular flexibility index (Phi) is 7.52. The van der Waals surface area contributed by atoms with Gasteiger partial charge in [-0.25, -0.2) is 0 Å². The Hall–Kier alpha value is 0.130. The van der Waals surface area contributed by atoms with Crippen molar-refractivity contribution >= 4 is 7.82 Å². The smallest absolute Gasteiger partial charge is 0.746 e. The first-order valence-corrected chi connectivity index (χ1v) is 5.84. The number of para-hydroxylation sites is 1. The number of hydrogen-bond acceptors (Lipinski definition) is 5. The molecule has 0 aliphatic carbocycles. The van der Waals surface area contributed by atoms with E-state index >= 15 is 0 Å². The van der Waals surface area contributed by atoms with Crippen LogP contribution in [-0.2, 0) is 9.09 Å². The van der Waals surface area contributed by atoms with E-state index in [0.717, 1.165) is 0 Å². The van der Waals surface area contributed by atoms with Gasteiger partial charge in [0.1, 0.15) is 5.75 Å². The van der Waals surface area contributed by atoms with Crippen LogP contribution in [0.5, 0.6) is 5.75 Å². The number of aliphatic hydroxyl groups is 1. The Morgan fingerprint density at radius 2 is 2.00 bits per heavy atom. The molecule has 0 fully saturated rings. The molecule has 0 saturated carbocycles. The molecule has 1 aromatic carbocycles. The van der Waals surface area contributed by atoms with E-state index in [0.29, 0.717) is 0 Å². The van der Waals surface area contributed by atoms with Crippen LogP contribution in [0.3, 0.4) is 0 Å². The van der Waals surface area contributed by atoms with Gasteiger partial charge >= 0.3 is 37.4 Å². The molecule has 0 saturated heterocycles. The quantitative estimate of drug-likeness (QED) is 0.482. The summed E-state index contributed by atoms with van der Waals surface area (Å²) in [5.74, 6) is 0.182. The second kappa shape index (κ2) is 7.45. The summed E-state index contributed by atoms with van der Waals surface area (Å²) in [6, 6.07) is 8.01. The summed E-state index contributed by atoms with van der Waals surface area (Å²) in [7, 11) is -4.38. The van der Waals surface area contributed by atoms with Crippen molar-refractivity contribution in [3.05, 3.63) is 30.3 Å². The van der Waals surface area contributed by atoms with Gasteiger partial charge in [0.15, 0.2) is 0 Å². The van der Waals surface area contributed by atoms with Crippen LogP contribution in [0.4, 0.5) is 0 Å². The van der Waals surface area contributed by atoms with E-state index in [9.17, 15) is 9.46 Å². The SMILES string of the molecule is CC(O)COP(=O)([O-])Oc1ccccc1.[Na+]. The van der Waals surface area contributed by atoms with Crippen LogP contribution in [0.25, 0.3) is 0 Å². The zero-order valence-corrected chi connectivity index (χ0v) is 12.1. The molecular weight excluding hydrogens is 242 g/mol. The van der Waals surface area contributed by atoms with E-state index in [1.54, 1.807) is 18.2 Å². The van der Waals surface area contributed by atoms with Crippen molar-refractivity contribution in [2.24, 2.45) is 0 Å². The summed E-state index contributed by atoms with van der Waals surface area (Å²) < 4.78 is 20.2. The van der Waals surface area contributed by atoms with E-state index < -0.39 is 13.9 Å². The van der Waals surface area contributed by atoms with Gasteiger partial charge in [0.05, 0.1) is 12.7 Å². The Balaban J connectivity index is 0.00000225. The minimum atomic E-state index is -4.38. The van der Waals surface area contributed by atoms with Crippen LogP contribution < -0.4 is 39.0 Å². The van der Waals surface area contributed by atoms with E-state index in [1.165, 1.54) is 19.1 Å². The molecule has 5 nitrogen and oxygen atoms in total. The number of benzene rings is 1. The van der Waals surface area contributed by atoms with Gasteiger partial charge in [-0.3, -0.25) is 4.57 Å². The molecular formula is C9H12NaO5P. The largest absolute Gasteiger partial charge is 1.00 e. The fraction of sp³-hybridized carbons (Fsp3) is 0.333. The predicted molar refractivity (Wildman–Crippen MR) is 52.3 cm³/mol. The van der Waals surface area contributed by atoms with Gasteiger partial charge in [-0.15, -0.1) is 0 Å². The molecule has 7 heteroatoms. The Labute approximate surface area is 116 Å². The van der Waals surface area contributed by atoms with Crippen molar-refractivity contribution < 1.29 is 53.2 Å². The van der Waals surface area contributed by atoms with E-state index in [-0.39, 0.29) is 41.9 Å². The van der Waals surface area contributed by atoms with E-state index in [2.05, 4.69) is 9.05 Å². The molecule has 0 heterocycles. The Morgan fingerprint density at radius 1 is 1.44 bits per heavy atom. The minimum absolute atomic E-state index is 0. The molecule has 0 bridgehead atoms. The maximum atomic E-state index is 11.2. The third-order valence-electron chi connectivity index (χ3n) is 1.43. The molecule has 0 aliphatic heterocycles. The number of hydrogen-bond donors (Lipinski definition) is 1. The van der Waals surface area contributed by atoms with Gasteiger partial charge < -0.3 is 19.0 Å². The summed E-state index contributed by atoms with van der Waals surface area (Å²) in [4.78, 5) is 11.2. The number of phosphoric acid groups is 1. The third-order valence-corrected chi connectivity index (χ3v) is 2.33. The van der Waals surface area contributed by atoms with Crippen molar-refractivity contribution in [2.75, 3.05) is 6.61 Å². The summed E-state index contributed by atoms with van der Waals surface area (Å²) in [5, 5.41) is 8.84. The standard InChI is InChI=1S/C9H13O5P.Na/c1-8(10)7-13-15(11,12)14-9-5-3-2-4-6-9;/h2-6,8,10H,7H2,1H3,(H,11,12);/q;+1/p-1. The monoisotopic (exact) mass is 254 g/mol. The molecule has 84 valence electrons. The van der Waals surface area contributed by atoms with Crippen molar-refractivity contribution in [1.82, 2.24) is 0 Å². The third kappa shape index (κ3) is 6.66.